The first-order chi connectivity index (χ1) is 20.4. The molecule has 0 aliphatic heterocycles. The summed E-state index contributed by atoms with van der Waals surface area (Å²) < 4.78 is 0. The Bertz CT molecular complexity index is 1630. The number of rotatable bonds is 11. The number of carbonyl (C=O) groups is 2. The van der Waals surface area contributed by atoms with Gasteiger partial charge in [-0.3, -0.25) is 9.59 Å². The van der Waals surface area contributed by atoms with Gasteiger partial charge in [0.25, 0.3) is 16.7 Å². The van der Waals surface area contributed by atoms with Crippen LogP contribution in [-0.2, 0) is 11.3 Å². The highest BCUT2D eigenvalue weighted by atomic mass is 32.2. The Kier molecular flexibility index (Phi) is 10.2. The Hall–Kier alpha value is -4.21. The minimum atomic E-state index is -1.01. The summed E-state index contributed by atoms with van der Waals surface area (Å²) in [5, 5.41) is 19.8. The summed E-state index contributed by atoms with van der Waals surface area (Å²) in [5.41, 5.74) is 1.87. The Labute approximate surface area is 256 Å². The van der Waals surface area contributed by atoms with Crippen LogP contribution in [-0.4, -0.2) is 52.4 Å². The van der Waals surface area contributed by atoms with E-state index in [1.54, 1.807) is 31.2 Å². The van der Waals surface area contributed by atoms with Gasteiger partial charge in [0.05, 0.1) is 17.1 Å². The first-order valence-corrected chi connectivity index (χ1v) is 15.1. The minimum absolute atomic E-state index is 0.147. The van der Waals surface area contributed by atoms with E-state index >= 15 is 0 Å². The number of aliphatic hydroxyl groups excluding tert-OH is 1. The van der Waals surface area contributed by atoms with Crippen LogP contribution in [0.25, 0.3) is 10.8 Å². The van der Waals surface area contributed by atoms with Crippen molar-refractivity contribution in [3.05, 3.63) is 112 Å². The highest BCUT2D eigenvalue weighted by molar-refractivity contribution is 7.99. The topological polar surface area (TPSA) is 108 Å². The molecule has 0 aliphatic rings. The standard InChI is InChI=1S/C34H37N3O5S/c1-22-14-16-26(37(41)42-5)20-29(22)32(39)35-30(21-43-27-17-15-23-10-6-7-11-24(23)18-27)31(38)19-25-12-8-9-13-28(25)33(40)36-34(2,3)4/h6-18,20,30-31,38H,19,21H2,1-5H3,(H-,35,36,39,40)/p+1/t30-,31+/m0/s1. The third kappa shape index (κ3) is 8.43. The van der Waals surface area contributed by atoms with E-state index in [1.165, 1.54) is 24.9 Å². The number of carbonyl (C=O) groups excluding carboxylic acids is 2. The van der Waals surface area contributed by atoms with E-state index < -0.39 is 23.6 Å². The molecular weight excluding hydrogens is 562 g/mol. The van der Waals surface area contributed by atoms with Crippen molar-refractivity contribution in [2.75, 3.05) is 12.9 Å². The molecule has 0 aromatic heterocycles. The van der Waals surface area contributed by atoms with E-state index in [4.69, 9.17) is 4.84 Å². The second-order valence-corrected chi connectivity index (χ2v) is 12.6. The molecule has 0 saturated heterocycles. The number of benzene rings is 4. The Morgan fingerprint density at radius 3 is 2.33 bits per heavy atom. The molecule has 43 heavy (non-hydrogen) atoms. The minimum Gasteiger partial charge on any atom is -0.391 e. The maximum Gasteiger partial charge on any atom is 0.317 e. The highest BCUT2D eigenvalue weighted by Crippen LogP contribution is 2.26. The lowest BCUT2D eigenvalue weighted by molar-refractivity contribution is -0.736. The molecule has 2 amide bonds. The van der Waals surface area contributed by atoms with Gasteiger partial charge in [0.1, 0.15) is 0 Å². The van der Waals surface area contributed by atoms with Gasteiger partial charge in [-0.2, -0.15) is 0 Å². The van der Waals surface area contributed by atoms with Gasteiger partial charge < -0.3 is 15.7 Å². The van der Waals surface area contributed by atoms with Crippen molar-refractivity contribution in [3.8, 4) is 0 Å². The monoisotopic (exact) mass is 600 g/mol. The van der Waals surface area contributed by atoms with Crippen molar-refractivity contribution in [2.45, 2.75) is 56.7 Å². The molecule has 0 bridgehead atoms. The van der Waals surface area contributed by atoms with Crippen molar-refractivity contribution in [1.29, 1.82) is 0 Å². The van der Waals surface area contributed by atoms with Crippen LogP contribution < -0.4 is 10.6 Å². The number of nitrogens with one attached hydrogen (secondary N) is 2. The number of hydrogen-bond acceptors (Lipinski definition) is 6. The summed E-state index contributed by atoms with van der Waals surface area (Å²) >= 11 is 1.52. The van der Waals surface area contributed by atoms with Gasteiger partial charge in [0, 0.05) is 45.9 Å². The van der Waals surface area contributed by atoms with Crippen molar-refractivity contribution < 1.29 is 24.5 Å². The predicted molar refractivity (Wildman–Crippen MR) is 171 cm³/mol. The van der Waals surface area contributed by atoms with Crippen molar-refractivity contribution in [3.63, 3.8) is 0 Å². The summed E-state index contributed by atoms with van der Waals surface area (Å²) in [6.45, 7) is 7.51. The lowest BCUT2D eigenvalue weighted by Gasteiger charge is -2.26. The lowest BCUT2D eigenvalue weighted by Crippen LogP contribution is -2.46. The number of aliphatic hydroxyl groups is 1. The van der Waals surface area contributed by atoms with E-state index in [2.05, 4.69) is 16.7 Å². The van der Waals surface area contributed by atoms with Crippen molar-refractivity contribution >= 4 is 40.0 Å². The largest absolute Gasteiger partial charge is 0.391 e. The van der Waals surface area contributed by atoms with Gasteiger partial charge in [-0.25, -0.2) is 4.84 Å². The number of fused-ring (bicyclic) bond motifs is 1. The molecule has 4 rings (SSSR count). The van der Waals surface area contributed by atoms with Gasteiger partial charge in [0.2, 0.25) is 0 Å². The maximum atomic E-state index is 13.6. The highest BCUT2D eigenvalue weighted by Gasteiger charge is 2.27. The summed E-state index contributed by atoms with van der Waals surface area (Å²) in [7, 11) is 1.25. The first-order valence-electron chi connectivity index (χ1n) is 14.1. The second kappa shape index (κ2) is 13.8. The molecule has 0 saturated carbocycles. The van der Waals surface area contributed by atoms with Gasteiger partial charge in [-0.15, -0.1) is 11.8 Å². The van der Waals surface area contributed by atoms with Gasteiger partial charge >= 0.3 is 5.69 Å². The van der Waals surface area contributed by atoms with Crippen LogP contribution in [0.15, 0.2) is 89.8 Å². The Morgan fingerprint density at radius 1 is 0.907 bits per heavy atom. The number of aryl methyl sites for hydroxylation is 1. The molecule has 224 valence electrons. The fraction of sp³-hybridized carbons (Fsp3) is 0.294. The van der Waals surface area contributed by atoms with E-state index in [1.807, 2.05) is 69.3 Å². The average molecular weight is 601 g/mol. The SMILES string of the molecule is CO[N+](=O)c1ccc(C)c(C(=O)N[C@@H](CSc2ccc3ccccc3c2)[C@H](O)Cc2ccccc2C(=O)NC(C)(C)C)c1. The van der Waals surface area contributed by atoms with Crippen molar-refractivity contribution in [1.82, 2.24) is 10.6 Å². The van der Waals surface area contributed by atoms with Crippen LogP contribution in [0.4, 0.5) is 5.69 Å². The van der Waals surface area contributed by atoms with Crippen LogP contribution in [0, 0.1) is 11.8 Å². The normalized spacial score (nSPS) is 12.8. The fourth-order valence-corrected chi connectivity index (χ4v) is 5.76. The summed E-state index contributed by atoms with van der Waals surface area (Å²) in [6, 6.07) is 25.4. The molecule has 0 aliphatic carbocycles. The first kappa shape index (κ1) is 31.7. The molecule has 0 spiro atoms. The molecular formula is C34H38N3O5S+. The van der Waals surface area contributed by atoms with E-state index in [0.717, 1.165) is 15.7 Å². The van der Waals surface area contributed by atoms with E-state index in [-0.39, 0.29) is 18.0 Å². The molecule has 0 unspecified atom stereocenters. The molecule has 2 atom stereocenters. The zero-order chi connectivity index (χ0) is 31.1. The van der Waals surface area contributed by atoms with Crippen LogP contribution in [0.5, 0.6) is 0 Å². The number of amides is 2. The molecule has 8 nitrogen and oxygen atoms in total. The van der Waals surface area contributed by atoms with Crippen LogP contribution in [0.3, 0.4) is 0 Å². The zero-order valence-corrected chi connectivity index (χ0v) is 25.9. The molecule has 4 aromatic carbocycles. The van der Waals surface area contributed by atoms with Crippen molar-refractivity contribution in [2.24, 2.45) is 0 Å². The van der Waals surface area contributed by atoms with Gasteiger partial charge in [-0.05, 0) is 67.8 Å². The second-order valence-electron chi connectivity index (χ2n) is 11.5. The number of hydrogen-bond donors (Lipinski definition) is 3. The Morgan fingerprint density at radius 2 is 1.60 bits per heavy atom. The molecule has 4 aromatic rings. The predicted octanol–water partition coefficient (Wildman–Crippen LogP) is 6.14. The molecule has 0 heterocycles. The molecule has 0 fully saturated rings. The molecule has 3 N–H and O–H groups in total. The fourth-order valence-electron chi connectivity index (χ4n) is 4.71. The summed E-state index contributed by atoms with van der Waals surface area (Å²) in [4.78, 5) is 44.7. The quantitative estimate of drug-likeness (QED) is 0.141. The molecule has 0 radical (unpaired) electrons. The summed E-state index contributed by atoms with van der Waals surface area (Å²) in [5.74, 6) is -0.286. The van der Waals surface area contributed by atoms with Gasteiger partial charge in [-0.1, -0.05) is 54.6 Å². The van der Waals surface area contributed by atoms with Crippen LogP contribution >= 0.6 is 11.8 Å². The lowest BCUT2D eigenvalue weighted by atomic mass is 9.96. The zero-order valence-electron chi connectivity index (χ0n) is 25.1. The van der Waals surface area contributed by atoms with E-state index in [0.29, 0.717) is 32.9 Å². The van der Waals surface area contributed by atoms with Crippen LogP contribution in [0.1, 0.15) is 52.6 Å². The average Bonchev–Trinajstić information content (AvgIpc) is 2.98. The number of nitrogens with zero attached hydrogens (tertiary/aromatic N) is 1. The number of thioether (sulfide) groups is 1. The third-order valence-corrected chi connectivity index (χ3v) is 8.07. The smallest absolute Gasteiger partial charge is 0.317 e. The Balaban J connectivity index is 1.60. The van der Waals surface area contributed by atoms with E-state index in [9.17, 15) is 19.6 Å². The summed E-state index contributed by atoms with van der Waals surface area (Å²) in [6.07, 6.45) is -0.868. The maximum absolute atomic E-state index is 13.6. The van der Waals surface area contributed by atoms with Crippen LogP contribution in [0.2, 0.25) is 0 Å². The molecule has 9 heteroatoms. The third-order valence-electron chi connectivity index (χ3n) is 6.95. The van der Waals surface area contributed by atoms with Gasteiger partial charge in [0.15, 0.2) is 7.11 Å².